The van der Waals surface area contributed by atoms with Crippen LogP contribution in [0.3, 0.4) is 0 Å². The molecule has 2 aliphatic rings. The van der Waals surface area contributed by atoms with E-state index in [1.807, 2.05) is 6.07 Å². The predicted molar refractivity (Wildman–Crippen MR) is 72.6 cm³/mol. The van der Waals surface area contributed by atoms with Gasteiger partial charge in [0, 0.05) is 11.1 Å². The van der Waals surface area contributed by atoms with E-state index in [-0.39, 0.29) is 0 Å². The van der Waals surface area contributed by atoms with Gasteiger partial charge in [-0.2, -0.15) is 0 Å². The van der Waals surface area contributed by atoms with Crippen molar-refractivity contribution >= 4 is 11.6 Å². The molecule has 2 heteroatoms. The van der Waals surface area contributed by atoms with Gasteiger partial charge in [-0.15, -0.1) is 0 Å². The summed E-state index contributed by atoms with van der Waals surface area (Å²) >= 11 is 6.03. The van der Waals surface area contributed by atoms with Crippen LogP contribution >= 0.6 is 11.6 Å². The first-order valence-electron chi connectivity index (χ1n) is 6.82. The van der Waals surface area contributed by atoms with Gasteiger partial charge in [0.1, 0.15) is 0 Å². The summed E-state index contributed by atoms with van der Waals surface area (Å²) in [6.07, 6.45) is 8.07. The van der Waals surface area contributed by atoms with Gasteiger partial charge in [0.25, 0.3) is 0 Å². The Morgan fingerprint density at radius 3 is 2.71 bits per heavy atom. The number of benzene rings is 1. The van der Waals surface area contributed by atoms with Gasteiger partial charge in [-0.05, 0) is 61.4 Å². The van der Waals surface area contributed by atoms with E-state index >= 15 is 0 Å². The van der Waals surface area contributed by atoms with Gasteiger partial charge < -0.3 is 5.32 Å². The van der Waals surface area contributed by atoms with Gasteiger partial charge in [0.05, 0.1) is 0 Å². The van der Waals surface area contributed by atoms with Crippen molar-refractivity contribution in [2.75, 3.05) is 6.54 Å². The third-order valence-corrected chi connectivity index (χ3v) is 4.51. The Hall–Kier alpha value is -0.530. The zero-order valence-corrected chi connectivity index (χ0v) is 11.0. The van der Waals surface area contributed by atoms with Gasteiger partial charge in [-0.1, -0.05) is 30.5 Å². The highest BCUT2D eigenvalue weighted by atomic mass is 35.5. The molecule has 3 rings (SSSR count). The molecule has 0 spiro atoms. The van der Waals surface area contributed by atoms with Crippen LogP contribution in [-0.2, 0) is 12.8 Å². The summed E-state index contributed by atoms with van der Waals surface area (Å²) in [5.74, 6) is 0.933. The lowest BCUT2D eigenvalue weighted by atomic mass is 10.1. The number of hydrogen-bond acceptors (Lipinski definition) is 1. The van der Waals surface area contributed by atoms with E-state index in [2.05, 4.69) is 17.4 Å². The normalized spacial score (nSPS) is 24.2. The minimum Gasteiger partial charge on any atom is -0.313 e. The van der Waals surface area contributed by atoms with Crippen molar-refractivity contribution in [2.24, 2.45) is 5.92 Å². The summed E-state index contributed by atoms with van der Waals surface area (Å²) in [7, 11) is 0. The summed E-state index contributed by atoms with van der Waals surface area (Å²) in [5, 5.41) is 4.62. The average molecular weight is 250 g/mol. The molecule has 92 valence electrons. The number of rotatable bonds is 3. The minimum absolute atomic E-state index is 0.643. The summed E-state index contributed by atoms with van der Waals surface area (Å²) in [6, 6.07) is 6.98. The number of hydrogen-bond donors (Lipinski definition) is 1. The summed E-state index contributed by atoms with van der Waals surface area (Å²) in [4.78, 5) is 0. The molecule has 1 aromatic carbocycles. The maximum absolute atomic E-state index is 6.03. The lowest BCUT2D eigenvalue weighted by Gasteiger charge is -2.15. The second-order valence-electron chi connectivity index (χ2n) is 5.58. The Morgan fingerprint density at radius 2 is 1.88 bits per heavy atom. The molecule has 1 fully saturated rings. The molecule has 0 heterocycles. The fraction of sp³-hybridized carbons (Fsp3) is 0.600. The monoisotopic (exact) mass is 249 g/mol. The van der Waals surface area contributed by atoms with E-state index in [1.54, 1.807) is 0 Å². The second kappa shape index (κ2) is 4.99. The summed E-state index contributed by atoms with van der Waals surface area (Å²) < 4.78 is 0. The van der Waals surface area contributed by atoms with Crippen LogP contribution in [0, 0.1) is 5.92 Å². The second-order valence-corrected chi connectivity index (χ2v) is 6.01. The van der Waals surface area contributed by atoms with Crippen LogP contribution in [0.15, 0.2) is 18.2 Å². The van der Waals surface area contributed by atoms with E-state index in [0.717, 1.165) is 17.4 Å². The Bertz CT molecular complexity index is 396. The summed E-state index contributed by atoms with van der Waals surface area (Å²) in [6.45, 7) is 1.21. The third kappa shape index (κ3) is 2.66. The molecule has 0 aromatic heterocycles. The molecule has 1 aromatic rings. The Balaban J connectivity index is 1.55. The first-order valence-corrected chi connectivity index (χ1v) is 7.20. The highest BCUT2D eigenvalue weighted by Gasteiger charge is 2.22. The van der Waals surface area contributed by atoms with Crippen molar-refractivity contribution in [3.05, 3.63) is 34.3 Å². The Kier molecular flexibility index (Phi) is 3.39. The highest BCUT2D eigenvalue weighted by molar-refractivity contribution is 6.30. The number of nitrogens with one attached hydrogen (secondary N) is 1. The van der Waals surface area contributed by atoms with Gasteiger partial charge in [-0.3, -0.25) is 0 Å². The van der Waals surface area contributed by atoms with Crippen molar-refractivity contribution < 1.29 is 0 Å². The standard InChI is InChI=1S/C15H20ClN/c16-14-6-5-12-8-15(9-13(12)7-14)17-10-11-3-1-2-4-11/h5-7,11,15,17H,1-4,8-10H2. The van der Waals surface area contributed by atoms with Gasteiger partial charge in [0.15, 0.2) is 0 Å². The molecule has 0 amide bonds. The van der Waals surface area contributed by atoms with E-state index < -0.39 is 0 Å². The van der Waals surface area contributed by atoms with E-state index in [9.17, 15) is 0 Å². The molecule has 1 unspecified atom stereocenters. The van der Waals surface area contributed by atoms with E-state index in [4.69, 9.17) is 11.6 Å². The Labute approximate surface area is 109 Å². The lowest BCUT2D eigenvalue weighted by molar-refractivity contribution is 0.438. The van der Waals surface area contributed by atoms with Crippen molar-refractivity contribution in [1.82, 2.24) is 5.32 Å². The molecule has 0 radical (unpaired) electrons. The SMILES string of the molecule is Clc1ccc2c(c1)CC(NCC1CCCC1)C2. The van der Waals surface area contributed by atoms with Gasteiger partial charge in [0.2, 0.25) is 0 Å². The third-order valence-electron chi connectivity index (χ3n) is 4.27. The quantitative estimate of drug-likeness (QED) is 0.863. The predicted octanol–water partition coefficient (Wildman–Crippen LogP) is 3.59. The summed E-state index contributed by atoms with van der Waals surface area (Å²) in [5.41, 5.74) is 2.93. The van der Waals surface area contributed by atoms with Crippen molar-refractivity contribution in [1.29, 1.82) is 0 Å². The first kappa shape index (κ1) is 11.6. The smallest absolute Gasteiger partial charge is 0.0408 e. The largest absolute Gasteiger partial charge is 0.313 e. The van der Waals surface area contributed by atoms with Crippen LogP contribution < -0.4 is 5.32 Å². The molecule has 1 N–H and O–H groups in total. The fourth-order valence-corrected chi connectivity index (χ4v) is 3.47. The van der Waals surface area contributed by atoms with Crippen LogP contribution in [-0.4, -0.2) is 12.6 Å². The van der Waals surface area contributed by atoms with Crippen molar-refractivity contribution in [3.8, 4) is 0 Å². The van der Waals surface area contributed by atoms with Crippen LogP contribution in [0.2, 0.25) is 5.02 Å². The molecule has 1 atom stereocenters. The van der Waals surface area contributed by atoms with Gasteiger partial charge >= 0.3 is 0 Å². The molecule has 17 heavy (non-hydrogen) atoms. The highest BCUT2D eigenvalue weighted by Crippen LogP contribution is 2.27. The van der Waals surface area contributed by atoms with E-state index in [0.29, 0.717) is 6.04 Å². The van der Waals surface area contributed by atoms with Crippen LogP contribution in [0.4, 0.5) is 0 Å². The molecule has 0 saturated heterocycles. The Morgan fingerprint density at radius 1 is 1.12 bits per heavy atom. The first-order chi connectivity index (χ1) is 8.31. The molecule has 0 aliphatic heterocycles. The van der Waals surface area contributed by atoms with Crippen LogP contribution in [0.25, 0.3) is 0 Å². The fourth-order valence-electron chi connectivity index (χ4n) is 3.28. The van der Waals surface area contributed by atoms with Gasteiger partial charge in [-0.25, -0.2) is 0 Å². The molecular formula is C15H20ClN. The molecular weight excluding hydrogens is 230 g/mol. The maximum Gasteiger partial charge on any atom is 0.0408 e. The zero-order chi connectivity index (χ0) is 11.7. The number of fused-ring (bicyclic) bond motifs is 1. The molecule has 1 saturated carbocycles. The van der Waals surface area contributed by atoms with Crippen molar-refractivity contribution in [3.63, 3.8) is 0 Å². The van der Waals surface area contributed by atoms with E-state index in [1.165, 1.54) is 49.8 Å². The van der Waals surface area contributed by atoms with Crippen LogP contribution in [0.5, 0.6) is 0 Å². The molecule has 1 nitrogen and oxygen atoms in total. The average Bonchev–Trinajstić information content (AvgIpc) is 2.94. The number of halogens is 1. The molecule has 0 bridgehead atoms. The zero-order valence-electron chi connectivity index (χ0n) is 10.2. The molecule has 2 aliphatic carbocycles. The van der Waals surface area contributed by atoms with Crippen LogP contribution in [0.1, 0.15) is 36.8 Å². The topological polar surface area (TPSA) is 12.0 Å². The lowest BCUT2D eigenvalue weighted by Crippen LogP contribution is -2.33. The maximum atomic E-state index is 6.03. The minimum atomic E-state index is 0.643. The van der Waals surface area contributed by atoms with Crippen molar-refractivity contribution in [2.45, 2.75) is 44.6 Å².